The number of carbonyl (C=O) groups is 2. The third-order valence-corrected chi connectivity index (χ3v) is 6.86. The summed E-state index contributed by atoms with van der Waals surface area (Å²) in [5.41, 5.74) is 2.20. The monoisotopic (exact) mass is 531 g/mol. The maximum absolute atomic E-state index is 13.3. The Balaban J connectivity index is 1.74. The van der Waals surface area contributed by atoms with E-state index in [4.69, 9.17) is 21.1 Å². The Kier molecular flexibility index (Phi) is 11.7. The average Bonchev–Trinajstić information content (AvgIpc) is 3.18. The Morgan fingerprint density at radius 1 is 1.14 bits per heavy atom. The normalized spacial score (nSPS) is 18.2. The number of rotatable bonds is 11. The van der Waals surface area contributed by atoms with Gasteiger partial charge in [0, 0.05) is 35.8 Å². The Hall–Kier alpha value is -2.65. The zero-order valence-corrected chi connectivity index (χ0v) is 22.6. The summed E-state index contributed by atoms with van der Waals surface area (Å²) in [4.78, 5) is 24.6. The van der Waals surface area contributed by atoms with E-state index in [9.17, 15) is 9.59 Å². The van der Waals surface area contributed by atoms with E-state index < -0.39 is 12.2 Å². The summed E-state index contributed by atoms with van der Waals surface area (Å²) in [6.07, 6.45) is 2.29. The van der Waals surface area contributed by atoms with Crippen LogP contribution in [0, 0.1) is 5.92 Å². The van der Waals surface area contributed by atoms with Crippen LogP contribution in [0.3, 0.4) is 0 Å². The lowest BCUT2D eigenvalue weighted by atomic mass is 9.90. The van der Waals surface area contributed by atoms with Crippen LogP contribution in [0.15, 0.2) is 48.5 Å². The predicted molar refractivity (Wildman–Crippen MR) is 144 cm³/mol. The van der Waals surface area contributed by atoms with Crippen LogP contribution in [0.4, 0.5) is 4.79 Å². The van der Waals surface area contributed by atoms with Crippen LogP contribution in [-0.2, 0) is 14.2 Å². The number of carbonyl (C=O) groups excluding carboxylic acids is 2. The van der Waals surface area contributed by atoms with Gasteiger partial charge in [-0.2, -0.15) is 0 Å². The summed E-state index contributed by atoms with van der Waals surface area (Å²) < 4.78 is 16.5. The van der Waals surface area contributed by atoms with Crippen LogP contribution in [-0.4, -0.2) is 64.6 Å². The van der Waals surface area contributed by atoms with Crippen molar-refractivity contribution in [3.8, 4) is 0 Å². The Morgan fingerprint density at radius 2 is 1.89 bits per heavy atom. The van der Waals surface area contributed by atoms with Gasteiger partial charge in [-0.15, -0.1) is 0 Å². The highest BCUT2D eigenvalue weighted by molar-refractivity contribution is 6.30. The molecule has 0 saturated carbocycles. The van der Waals surface area contributed by atoms with E-state index in [0.717, 1.165) is 37.0 Å². The van der Waals surface area contributed by atoms with Crippen molar-refractivity contribution in [3.63, 3.8) is 0 Å². The topological polar surface area (TPSA) is 97.9 Å². The molecule has 3 N–H and O–H groups in total. The second-order valence-electron chi connectivity index (χ2n) is 9.26. The molecule has 1 aliphatic heterocycles. The van der Waals surface area contributed by atoms with E-state index in [-0.39, 0.29) is 31.1 Å². The fourth-order valence-electron chi connectivity index (χ4n) is 4.79. The molecule has 0 spiro atoms. The number of amides is 2. The molecular formula is C28H38ClN3O5. The molecule has 1 saturated heterocycles. The number of ether oxygens (including phenoxy) is 3. The van der Waals surface area contributed by atoms with Crippen molar-refractivity contribution in [2.24, 2.45) is 5.92 Å². The van der Waals surface area contributed by atoms with Crippen LogP contribution in [0.1, 0.15) is 53.8 Å². The lowest BCUT2D eigenvalue weighted by Crippen LogP contribution is -2.51. The number of hydrogen-bond acceptors (Lipinski definition) is 6. The molecule has 37 heavy (non-hydrogen) atoms. The predicted octanol–water partition coefficient (Wildman–Crippen LogP) is 4.33. The van der Waals surface area contributed by atoms with Crippen LogP contribution >= 0.6 is 11.6 Å². The molecule has 1 fully saturated rings. The Labute approximate surface area is 224 Å². The van der Waals surface area contributed by atoms with Crippen molar-refractivity contribution in [3.05, 3.63) is 70.2 Å². The molecule has 202 valence electrons. The highest BCUT2D eigenvalue weighted by atomic mass is 35.5. The van der Waals surface area contributed by atoms with Crippen molar-refractivity contribution < 1.29 is 23.8 Å². The summed E-state index contributed by atoms with van der Waals surface area (Å²) in [7, 11) is 3.24. The number of halogens is 1. The molecule has 2 amide bonds. The summed E-state index contributed by atoms with van der Waals surface area (Å²) in [6, 6.07) is 14.8. The second kappa shape index (κ2) is 14.9. The van der Waals surface area contributed by atoms with Gasteiger partial charge >= 0.3 is 6.09 Å². The number of hydrogen-bond donors (Lipinski definition) is 3. The van der Waals surface area contributed by atoms with Crippen LogP contribution in [0.2, 0.25) is 5.02 Å². The minimum Gasteiger partial charge on any atom is -0.453 e. The van der Waals surface area contributed by atoms with E-state index in [2.05, 4.69) is 20.7 Å². The van der Waals surface area contributed by atoms with E-state index >= 15 is 0 Å². The minimum atomic E-state index is -0.522. The number of benzene rings is 2. The highest BCUT2D eigenvalue weighted by Crippen LogP contribution is 2.28. The quantitative estimate of drug-likeness (QED) is 0.373. The number of nitrogens with one attached hydrogen (secondary N) is 3. The fourth-order valence-corrected chi connectivity index (χ4v) is 4.98. The summed E-state index contributed by atoms with van der Waals surface area (Å²) in [5.74, 6) is 0.190. The van der Waals surface area contributed by atoms with Crippen molar-refractivity contribution in [1.29, 1.82) is 0 Å². The second-order valence-corrected chi connectivity index (χ2v) is 9.69. The largest absolute Gasteiger partial charge is 0.453 e. The van der Waals surface area contributed by atoms with Gasteiger partial charge in [0.15, 0.2) is 0 Å². The molecule has 0 radical (unpaired) electrons. The van der Waals surface area contributed by atoms with Crippen LogP contribution in [0.5, 0.6) is 0 Å². The van der Waals surface area contributed by atoms with E-state index in [1.165, 1.54) is 7.11 Å². The van der Waals surface area contributed by atoms with E-state index in [1.807, 2.05) is 50.4 Å². The van der Waals surface area contributed by atoms with Gasteiger partial charge in [-0.05, 0) is 68.1 Å². The van der Waals surface area contributed by atoms with Crippen LogP contribution in [0.25, 0.3) is 0 Å². The maximum atomic E-state index is 13.3. The Bertz CT molecular complexity index is 1010. The molecule has 1 heterocycles. The number of methoxy groups -OCH3 is 1. The van der Waals surface area contributed by atoms with Gasteiger partial charge < -0.3 is 30.2 Å². The molecule has 3 rings (SSSR count). The van der Waals surface area contributed by atoms with Gasteiger partial charge in [0.05, 0.1) is 20.3 Å². The van der Waals surface area contributed by atoms with Crippen molar-refractivity contribution in [1.82, 2.24) is 16.0 Å². The fraction of sp³-hybridized carbons (Fsp3) is 0.500. The Morgan fingerprint density at radius 3 is 2.62 bits per heavy atom. The first kappa shape index (κ1) is 28.9. The molecule has 0 aromatic heterocycles. The van der Waals surface area contributed by atoms with Gasteiger partial charge in [0.2, 0.25) is 0 Å². The van der Waals surface area contributed by atoms with E-state index in [1.54, 1.807) is 12.1 Å². The first-order valence-electron chi connectivity index (χ1n) is 12.8. The van der Waals surface area contributed by atoms with Crippen molar-refractivity contribution in [2.75, 3.05) is 40.5 Å². The molecule has 8 nitrogen and oxygen atoms in total. The molecule has 1 aliphatic rings. The molecular weight excluding hydrogens is 494 g/mol. The first-order valence-corrected chi connectivity index (χ1v) is 13.2. The van der Waals surface area contributed by atoms with Gasteiger partial charge in [-0.3, -0.25) is 4.79 Å². The van der Waals surface area contributed by atoms with Gasteiger partial charge in [-0.25, -0.2) is 4.79 Å². The molecule has 0 aliphatic carbocycles. The smallest absolute Gasteiger partial charge is 0.406 e. The van der Waals surface area contributed by atoms with Gasteiger partial charge in [-0.1, -0.05) is 42.3 Å². The van der Waals surface area contributed by atoms with Gasteiger partial charge in [0.25, 0.3) is 5.91 Å². The average molecular weight is 532 g/mol. The summed E-state index contributed by atoms with van der Waals surface area (Å²) in [6.45, 7) is 4.05. The summed E-state index contributed by atoms with van der Waals surface area (Å²) >= 11 is 6.25. The zero-order chi connectivity index (χ0) is 26.6. The minimum absolute atomic E-state index is 0.0859. The zero-order valence-electron chi connectivity index (χ0n) is 21.8. The maximum Gasteiger partial charge on any atom is 0.406 e. The van der Waals surface area contributed by atoms with Crippen molar-refractivity contribution >= 4 is 23.6 Å². The van der Waals surface area contributed by atoms with E-state index in [0.29, 0.717) is 23.1 Å². The van der Waals surface area contributed by atoms with Gasteiger partial charge in [0.1, 0.15) is 6.10 Å². The number of likely N-dealkylation sites (N-methyl/N-ethyl adjacent to an activating group) is 1. The third-order valence-electron chi connectivity index (χ3n) is 6.63. The third kappa shape index (κ3) is 8.71. The molecule has 4 unspecified atom stereocenters. The lowest BCUT2D eigenvalue weighted by Gasteiger charge is -2.31. The standard InChI is InChI=1S/C28H38ClN3O5/c1-19(25(30-2)23-8-4-5-14-36-18-23)32-27(33)22-11-6-9-20(16-22)26(21-10-7-12-24(29)17-21)37-15-13-31-28(34)35-3/h6-7,9-12,16-17,19,23,25-26,30H,4-5,8,13-15,18H2,1-3H3,(H,31,34)(H,32,33). The summed E-state index contributed by atoms with van der Waals surface area (Å²) in [5, 5.41) is 9.75. The molecule has 2 aromatic rings. The molecule has 4 atom stereocenters. The molecule has 9 heteroatoms. The lowest BCUT2D eigenvalue weighted by molar-refractivity contribution is 0.0802. The highest BCUT2D eigenvalue weighted by Gasteiger charge is 2.28. The van der Waals surface area contributed by atoms with Crippen molar-refractivity contribution in [2.45, 2.75) is 44.4 Å². The molecule has 2 aromatic carbocycles. The SMILES string of the molecule is CNC(C1CCCCOC1)C(C)NC(=O)c1cccc(C(OCCNC(=O)OC)c2cccc(Cl)c2)c1. The first-order chi connectivity index (χ1) is 17.9. The molecule has 0 bridgehead atoms. The van der Waals surface area contributed by atoms with Crippen LogP contribution < -0.4 is 16.0 Å². The number of alkyl carbamates (subject to hydrolysis) is 1.